The first-order valence-corrected chi connectivity index (χ1v) is 24.5. The number of nitrogens with zero attached hydrogens (tertiary/aromatic N) is 6. The quantitative estimate of drug-likeness (QED) is 0.0953. The van der Waals surface area contributed by atoms with Crippen LogP contribution >= 0.6 is 61.2 Å². The first-order chi connectivity index (χ1) is 30.2. The summed E-state index contributed by atoms with van der Waals surface area (Å²) in [5.74, 6) is -2.12. The van der Waals surface area contributed by atoms with Crippen LogP contribution in [0.3, 0.4) is 0 Å². The van der Waals surface area contributed by atoms with E-state index in [0.717, 1.165) is 22.3 Å². The summed E-state index contributed by atoms with van der Waals surface area (Å²) in [6.45, 7) is 0.582. The van der Waals surface area contributed by atoms with Crippen molar-refractivity contribution in [2.45, 2.75) is 37.1 Å². The zero-order valence-corrected chi connectivity index (χ0v) is 41.0. The molecule has 342 valence electrons. The molecule has 0 radical (unpaired) electrons. The number of nitriles is 2. The molecule has 2 unspecified atom stereocenters. The minimum absolute atomic E-state index is 0. The number of nitrogens with two attached hydrogens (primary N) is 1. The van der Waals surface area contributed by atoms with Crippen LogP contribution in [-0.2, 0) is 34.9 Å². The number of benzene rings is 4. The third-order valence-electron chi connectivity index (χ3n) is 9.50. The van der Waals surface area contributed by atoms with Crippen molar-refractivity contribution in [3.05, 3.63) is 119 Å². The molecule has 3 aliphatic heterocycles. The topological polar surface area (TPSA) is 233 Å². The molecule has 16 nitrogen and oxygen atoms in total. The molecule has 23 heteroatoms. The Morgan fingerprint density at radius 2 is 1.26 bits per heavy atom. The lowest BCUT2D eigenvalue weighted by atomic mass is 9.89. The number of cyclic esters (lactones) is 1. The fraction of sp³-hybridized carbons (Fsp3) is 0.238. The molecule has 0 aliphatic carbocycles. The number of halogens is 7. The largest absolute Gasteiger partial charge is 0.507 e. The van der Waals surface area contributed by atoms with Gasteiger partial charge in [-0.05, 0) is 83.6 Å². The molecule has 3 aliphatic rings. The molecular formula is C42H37F4I3N8O8. The lowest BCUT2D eigenvalue weighted by molar-refractivity contribution is -0.205. The molecule has 2 atom stereocenters. The average molecular weight is 1240 g/mol. The summed E-state index contributed by atoms with van der Waals surface area (Å²) < 4.78 is 65.5. The molecular weight excluding hydrogens is 1200 g/mol. The van der Waals surface area contributed by atoms with Gasteiger partial charge in [0.15, 0.2) is 17.0 Å². The zero-order chi connectivity index (χ0) is 47.6. The Kier molecular flexibility index (Phi) is 18.6. The zero-order valence-electron chi connectivity index (χ0n) is 34.4. The number of hydrogen-bond donors (Lipinski definition) is 3. The monoisotopic (exact) mass is 1240 g/mol. The van der Waals surface area contributed by atoms with Crippen molar-refractivity contribution in [1.82, 2.24) is 15.1 Å². The number of guanidine groups is 2. The predicted octanol–water partition coefficient (Wildman–Crippen LogP) is 7.94. The van der Waals surface area contributed by atoms with Crippen LogP contribution in [0.1, 0.15) is 36.1 Å². The lowest BCUT2D eigenvalue weighted by Gasteiger charge is -2.24. The van der Waals surface area contributed by atoms with Crippen LogP contribution in [0, 0.1) is 22.7 Å². The Bertz CT molecular complexity index is 2580. The Morgan fingerprint density at radius 3 is 1.68 bits per heavy atom. The molecule has 1 fully saturated rings. The fourth-order valence-corrected chi connectivity index (χ4v) is 6.44. The normalized spacial score (nSPS) is 19.1. The number of fused-ring (bicyclic) bond motifs is 1. The van der Waals surface area contributed by atoms with Crippen molar-refractivity contribution >= 4 is 97.2 Å². The Morgan fingerprint density at radius 1 is 0.831 bits per heavy atom. The van der Waals surface area contributed by atoms with Crippen molar-refractivity contribution in [2.24, 2.45) is 15.7 Å². The molecule has 0 bridgehead atoms. The number of aliphatic imine (C=N–C) groups is 2. The maximum absolute atomic E-state index is 13.8. The van der Waals surface area contributed by atoms with E-state index in [-0.39, 0.29) is 35.9 Å². The first-order valence-electron chi connectivity index (χ1n) is 18.2. The van der Waals surface area contributed by atoms with E-state index >= 15 is 0 Å². The molecule has 3 heterocycles. The maximum Gasteiger partial charge on any atom is 0.507 e. The number of alkyl carbamates (subject to hydrolysis) is 1. The van der Waals surface area contributed by atoms with Crippen molar-refractivity contribution in [3.63, 3.8) is 0 Å². The summed E-state index contributed by atoms with van der Waals surface area (Å²) in [7, 11) is 2.51. The summed E-state index contributed by atoms with van der Waals surface area (Å²) in [5, 5.41) is 29.0. The van der Waals surface area contributed by atoms with E-state index in [2.05, 4.69) is 78.9 Å². The van der Waals surface area contributed by atoms with Gasteiger partial charge in [0.25, 0.3) is 11.8 Å². The summed E-state index contributed by atoms with van der Waals surface area (Å²) in [4.78, 5) is 56.6. The highest BCUT2D eigenvalue weighted by atomic mass is 128. The molecule has 0 aromatic heterocycles. The molecule has 7 rings (SSSR count). The van der Waals surface area contributed by atoms with Crippen LogP contribution in [0.25, 0.3) is 22.3 Å². The van der Waals surface area contributed by atoms with Gasteiger partial charge in [-0.15, -0.1) is 24.0 Å². The highest BCUT2D eigenvalue weighted by Gasteiger charge is 2.53. The fourth-order valence-electron chi connectivity index (χ4n) is 6.44. The third-order valence-corrected chi connectivity index (χ3v) is 9.50. The number of hydrogen-bond acceptors (Lipinski definition) is 13. The van der Waals surface area contributed by atoms with Gasteiger partial charge in [-0.25, -0.2) is 19.6 Å². The van der Waals surface area contributed by atoms with Gasteiger partial charge in [0, 0.05) is 37.2 Å². The molecule has 4 aromatic rings. The molecule has 3 amide bonds. The molecule has 0 spiro atoms. The SMILES string of the molecule is CC1(c2cccc(-c3cccc(C#N)c3)c2)N=C(N)N(CC(O)(F)F)C1=O.CC1(c2cccc(-c3cccc(C#N)c3)c2)N=C2NC(=O)OC(F)(F)CN2C1=O.COC(=O)OC.I.II. The second-order valence-electron chi connectivity index (χ2n) is 13.9. The smallest absolute Gasteiger partial charge is 0.438 e. The van der Waals surface area contributed by atoms with E-state index in [1.165, 1.54) is 28.1 Å². The van der Waals surface area contributed by atoms with E-state index < -0.39 is 60.4 Å². The number of nitrogens with one attached hydrogen (secondary N) is 1. The first kappa shape index (κ1) is 53.7. The van der Waals surface area contributed by atoms with Crippen LogP contribution in [0.15, 0.2) is 107 Å². The van der Waals surface area contributed by atoms with Gasteiger partial charge in [0.2, 0.25) is 5.96 Å². The molecule has 4 N–H and O–H groups in total. The number of amides is 3. The molecule has 1 saturated heterocycles. The van der Waals surface area contributed by atoms with Gasteiger partial charge < -0.3 is 25.1 Å². The van der Waals surface area contributed by atoms with Gasteiger partial charge in [-0.3, -0.25) is 24.7 Å². The summed E-state index contributed by atoms with van der Waals surface area (Å²) in [5.41, 5.74) is 7.54. The van der Waals surface area contributed by atoms with E-state index in [9.17, 15) is 36.7 Å². The van der Waals surface area contributed by atoms with Gasteiger partial charge in [-0.2, -0.15) is 28.1 Å². The Hall–Kier alpha value is -5.65. The number of aliphatic hydroxyl groups is 1. The van der Waals surface area contributed by atoms with Crippen LogP contribution in [0.4, 0.5) is 27.2 Å². The standard InChI is InChI=1S/C20H14F2N4O3.C19H16F2N4O2.C3H6O3.I2.HI/c1-19(16(27)26-11-20(21,22)29-18(28)24-17(26)25-19)15-7-3-6-14(9-15)13-5-2-4-12(8-13)10-23;1-18(16(26)25(17(23)24-18)11-19(20,21)27)15-7-3-6-14(9-15)13-5-2-4-12(8-13)10-22;1-5-3(4)6-2;1-2;/h2-9H,11H2,1H3,(H,24,25,28);2-9,27H,11H2,1H3,(H2,23,24);1-2H3;;1H. The number of carbonyl (C=O) groups excluding carboxylic acids is 4. The molecule has 0 saturated carbocycles. The van der Waals surface area contributed by atoms with E-state index in [1.54, 1.807) is 84.9 Å². The van der Waals surface area contributed by atoms with Gasteiger partial charge >= 0.3 is 24.5 Å². The number of alkyl halides is 4. The average Bonchev–Trinajstić information content (AvgIpc) is 3.59. The van der Waals surface area contributed by atoms with Crippen molar-refractivity contribution in [3.8, 4) is 34.4 Å². The second kappa shape index (κ2) is 22.5. The Balaban J connectivity index is 0.000000294. The van der Waals surface area contributed by atoms with Crippen LogP contribution in [-0.4, -0.2) is 90.4 Å². The number of carbonyl (C=O) groups is 4. The van der Waals surface area contributed by atoms with Crippen molar-refractivity contribution in [2.75, 3.05) is 27.3 Å². The van der Waals surface area contributed by atoms with E-state index in [4.69, 9.17) is 21.4 Å². The van der Waals surface area contributed by atoms with Crippen LogP contribution < -0.4 is 11.1 Å². The highest BCUT2D eigenvalue weighted by Crippen LogP contribution is 2.38. The molecule has 4 aromatic carbocycles. The van der Waals surface area contributed by atoms with Crippen molar-refractivity contribution < 1.29 is 56.1 Å². The number of methoxy groups -OCH3 is 2. The van der Waals surface area contributed by atoms with Crippen molar-refractivity contribution in [1.29, 1.82) is 10.5 Å². The predicted molar refractivity (Wildman–Crippen MR) is 255 cm³/mol. The minimum atomic E-state index is -4.08. The summed E-state index contributed by atoms with van der Waals surface area (Å²) in [6, 6.07) is 31.7. The summed E-state index contributed by atoms with van der Waals surface area (Å²) >= 11 is 4.24. The number of ether oxygens (including phenoxy) is 3. The lowest BCUT2D eigenvalue weighted by Crippen LogP contribution is -2.47. The summed E-state index contributed by atoms with van der Waals surface area (Å²) in [6.07, 6.45) is -9.95. The highest BCUT2D eigenvalue weighted by molar-refractivity contribution is 15.0. The third kappa shape index (κ3) is 13.0. The number of β-amino-alcohol motifs (C(OH)–C–C–N with tert-alkyl or cyclic N) is 1. The maximum atomic E-state index is 13.8. The van der Waals surface area contributed by atoms with Crippen LogP contribution in [0.2, 0.25) is 0 Å². The van der Waals surface area contributed by atoms with Gasteiger partial charge in [0.1, 0.15) is 13.1 Å². The van der Waals surface area contributed by atoms with Gasteiger partial charge in [0.05, 0.1) is 37.5 Å². The molecule has 65 heavy (non-hydrogen) atoms. The second-order valence-corrected chi connectivity index (χ2v) is 13.9. The van der Waals surface area contributed by atoms with Gasteiger partial charge in [-0.1, -0.05) is 60.7 Å². The van der Waals surface area contributed by atoms with Crippen LogP contribution in [0.5, 0.6) is 0 Å². The Labute approximate surface area is 409 Å². The van der Waals surface area contributed by atoms with E-state index in [0.29, 0.717) is 32.1 Å². The minimum Gasteiger partial charge on any atom is -0.438 e. The number of rotatable bonds is 6. The van der Waals surface area contributed by atoms with E-state index in [1.807, 2.05) is 12.1 Å².